The fourth-order valence-corrected chi connectivity index (χ4v) is 3.95. The molecule has 1 heterocycles. The molecule has 1 aliphatic heterocycles. The van der Waals surface area contributed by atoms with Gasteiger partial charge in [-0.05, 0) is 42.2 Å². The summed E-state index contributed by atoms with van der Waals surface area (Å²) in [6, 6.07) is 8.26. The van der Waals surface area contributed by atoms with Crippen LogP contribution in [-0.4, -0.2) is 29.5 Å². The highest BCUT2D eigenvalue weighted by Crippen LogP contribution is 2.35. The van der Waals surface area contributed by atoms with E-state index >= 15 is 0 Å². The molecule has 3 heteroatoms. The molecule has 3 rings (SSSR count). The zero-order valence-electron chi connectivity index (χ0n) is 14.5. The van der Waals surface area contributed by atoms with Crippen LogP contribution in [0.25, 0.3) is 0 Å². The number of rotatable bonds is 2. The third-order valence-corrected chi connectivity index (χ3v) is 5.42. The van der Waals surface area contributed by atoms with Gasteiger partial charge >= 0.3 is 6.09 Å². The van der Waals surface area contributed by atoms with Gasteiger partial charge in [-0.1, -0.05) is 45.4 Å². The molecule has 3 nitrogen and oxygen atoms in total. The third kappa shape index (κ3) is 3.65. The maximum atomic E-state index is 12.6. The largest absolute Gasteiger partial charge is 0.596 e. The van der Waals surface area contributed by atoms with Crippen molar-refractivity contribution in [3.05, 3.63) is 35.4 Å². The van der Waals surface area contributed by atoms with E-state index in [0.29, 0.717) is 24.3 Å². The molecule has 0 saturated heterocycles. The SMILES string of the molecule is CC(C)[C@@H]1CC[C@@H](C)C[C@H]1OC(=O)[N+]1=Cc2ccccc2CC1. The molecule has 1 aromatic rings. The number of ether oxygens (including phenoxy) is 1. The summed E-state index contributed by atoms with van der Waals surface area (Å²) >= 11 is 0. The van der Waals surface area contributed by atoms with E-state index < -0.39 is 0 Å². The minimum atomic E-state index is -0.177. The Hall–Kier alpha value is -1.64. The average Bonchev–Trinajstić information content (AvgIpc) is 2.54. The lowest BCUT2D eigenvalue weighted by Crippen LogP contribution is -2.39. The molecule has 1 aromatic carbocycles. The van der Waals surface area contributed by atoms with Gasteiger partial charge in [0, 0.05) is 12.0 Å². The number of fused-ring (bicyclic) bond motifs is 1. The molecule has 0 N–H and O–H groups in total. The number of amides is 1. The predicted molar refractivity (Wildman–Crippen MR) is 92.1 cm³/mol. The number of carbonyl (C=O) groups excluding carboxylic acids is 1. The summed E-state index contributed by atoms with van der Waals surface area (Å²) in [5.41, 5.74) is 2.44. The lowest BCUT2D eigenvalue weighted by atomic mass is 9.75. The highest BCUT2D eigenvalue weighted by atomic mass is 16.6. The zero-order valence-corrected chi connectivity index (χ0v) is 14.5. The van der Waals surface area contributed by atoms with Gasteiger partial charge in [0.25, 0.3) is 0 Å². The standard InChI is InChI=1S/C20H28NO2/c1-14(2)18-9-8-15(3)12-19(18)23-20(22)21-11-10-16-6-4-5-7-17(16)13-21/h4-7,13-15,18-19H,8-12H2,1-3H3/q+1/t15-,18+,19-/m1/s1. The fourth-order valence-electron chi connectivity index (χ4n) is 3.95. The van der Waals surface area contributed by atoms with Crippen molar-refractivity contribution in [2.45, 2.75) is 52.6 Å². The van der Waals surface area contributed by atoms with E-state index in [1.54, 1.807) is 4.58 Å². The van der Waals surface area contributed by atoms with Crippen molar-refractivity contribution in [2.75, 3.05) is 6.54 Å². The Labute approximate surface area is 139 Å². The van der Waals surface area contributed by atoms with E-state index in [1.165, 1.54) is 18.4 Å². The third-order valence-electron chi connectivity index (χ3n) is 5.42. The molecule has 1 saturated carbocycles. The van der Waals surface area contributed by atoms with Crippen LogP contribution in [0.15, 0.2) is 24.3 Å². The van der Waals surface area contributed by atoms with Crippen LogP contribution in [0, 0.1) is 17.8 Å². The number of hydrogen-bond donors (Lipinski definition) is 0. The lowest BCUT2D eigenvalue weighted by molar-refractivity contribution is -0.446. The van der Waals surface area contributed by atoms with E-state index in [4.69, 9.17) is 4.74 Å². The van der Waals surface area contributed by atoms with Crippen molar-refractivity contribution < 1.29 is 14.1 Å². The molecule has 0 unspecified atom stereocenters. The second-order valence-corrected chi connectivity index (χ2v) is 7.52. The molecule has 0 aromatic heterocycles. The van der Waals surface area contributed by atoms with Crippen LogP contribution in [0.4, 0.5) is 4.79 Å². The number of nitrogens with zero attached hydrogens (tertiary/aromatic N) is 1. The molecule has 2 aliphatic rings. The molecule has 0 radical (unpaired) electrons. The Bertz CT molecular complexity index is 605. The van der Waals surface area contributed by atoms with Crippen LogP contribution in [-0.2, 0) is 11.2 Å². The van der Waals surface area contributed by atoms with Crippen LogP contribution < -0.4 is 0 Å². The molecule has 0 spiro atoms. The summed E-state index contributed by atoms with van der Waals surface area (Å²) in [5.74, 6) is 1.70. The highest BCUT2D eigenvalue weighted by molar-refractivity contribution is 5.82. The number of carbonyl (C=O) groups is 1. The number of benzene rings is 1. The van der Waals surface area contributed by atoms with Crippen LogP contribution in [0.2, 0.25) is 0 Å². The lowest BCUT2D eigenvalue weighted by Gasteiger charge is -2.35. The topological polar surface area (TPSA) is 29.3 Å². The quantitative estimate of drug-likeness (QED) is 0.763. The smallest absolute Gasteiger partial charge is 0.408 e. The highest BCUT2D eigenvalue weighted by Gasteiger charge is 2.36. The number of hydrogen-bond acceptors (Lipinski definition) is 2. The van der Waals surface area contributed by atoms with Crippen LogP contribution >= 0.6 is 0 Å². The van der Waals surface area contributed by atoms with Gasteiger partial charge in [0.1, 0.15) is 6.10 Å². The van der Waals surface area contributed by atoms with Gasteiger partial charge in [-0.15, -0.1) is 4.58 Å². The molecular formula is C20H28NO2+. The van der Waals surface area contributed by atoms with Crippen molar-refractivity contribution >= 4 is 12.3 Å². The fraction of sp³-hybridized carbons (Fsp3) is 0.600. The minimum absolute atomic E-state index is 0.0665. The van der Waals surface area contributed by atoms with Gasteiger partial charge in [0.15, 0.2) is 12.8 Å². The van der Waals surface area contributed by atoms with Crippen LogP contribution in [0.1, 0.15) is 51.2 Å². The van der Waals surface area contributed by atoms with Crippen molar-refractivity contribution in [1.82, 2.24) is 0 Å². The Morgan fingerprint density at radius 1 is 1.26 bits per heavy atom. The van der Waals surface area contributed by atoms with E-state index in [9.17, 15) is 4.79 Å². The van der Waals surface area contributed by atoms with Crippen LogP contribution in [0.5, 0.6) is 0 Å². The van der Waals surface area contributed by atoms with Crippen molar-refractivity contribution in [1.29, 1.82) is 0 Å². The van der Waals surface area contributed by atoms with E-state index in [-0.39, 0.29) is 12.2 Å². The van der Waals surface area contributed by atoms with Gasteiger partial charge in [0.05, 0.1) is 0 Å². The van der Waals surface area contributed by atoms with E-state index in [1.807, 2.05) is 12.3 Å². The second-order valence-electron chi connectivity index (χ2n) is 7.52. The van der Waals surface area contributed by atoms with Crippen molar-refractivity contribution in [2.24, 2.45) is 17.8 Å². The van der Waals surface area contributed by atoms with Gasteiger partial charge in [-0.25, -0.2) is 0 Å². The molecule has 0 bridgehead atoms. The maximum Gasteiger partial charge on any atom is 0.596 e. The summed E-state index contributed by atoms with van der Waals surface area (Å²) in [7, 11) is 0. The first-order valence-electron chi connectivity index (χ1n) is 8.94. The van der Waals surface area contributed by atoms with Crippen molar-refractivity contribution in [3.8, 4) is 0 Å². The summed E-state index contributed by atoms with van der Waals surface area (Å²) in [5, 5.41) is 0. The first-order chi connectivity index (χ1) is 11.0. The van der Waals surface area contributed by atoms with Gasteiger partial charge in [0.2, 0.25) is 0 Å². The second kappa shape index (κ2) is 6.86. The molecule has 1 amide bonds. The molecule has 1 aliphatic carbocycles. The first-order valence-corrected chi connectivity index (χ1v) is 8.94. The molecule has 23 heavy (non-hydrogen) atoms. The Balaban J connectivity index is 1.72. The van der Waals surface area contributed by atoms with Crippen molar-refractivity contribution in [3.63, 3.8) is 0 Å². The molecular weight excluding hydrogens is 286 g/mol. The van der Waals surface area contributed by atoms with Gasteiger partial charge in [-0.2, -0.15) is 4.79 Å². The Morgan fingerprint density at radius 2 is 2.04 bits per heavy atom. The summed E-state index contributed by atoms with van der Waals surface area (Å²) in [4.78, 5) is 12.6. The summed E-state index contributed by atoms with van der Waals surface area (Å²) in [6.45, 7) is 7.46. The zero-order chi connectivity index (χ0) is 16.4. The maximum absolute atomic E-state index is 12.6. The molecule has 1 fully saturated rings. The van der Waals surface area contributed by atoms with E-state index in [0.717, 1.165) is 18.4 Å². The Morgan fingerprint density at radius 3 is 2.83 bits per heavy atom. The summed E-state index contributed by atoms with van der Waals surface area (Å²) < 4.78 is 7.69. The first kappa shape index (κ1) is 16.2. The predicted octanol–water partition coefficient (Wildman–Crippen LogP) is 4.27. The van der Waals surface area contributed by atoms with E-state index in [2.05, 4.69) is 39.0 Å². The van der Waals surface area contributed by atoms with Gasteiger partial charge in [-0.3, -0.25) is 0 Å². The van der Waals surface area contributed by atoms with Gasteiger partial charge < -0.3 is 4.74 Å². The summed E-state index contributed by atoms with van der Waals surface area (Å²) in [6.07, 6.45) is 6.15. The monoisotopic (exact) mass is 314 g/mol. The Kier molecular flexibility index (Phi) is 4.84. The average molecular weight is 314 g/mol. The van der Waals surface area contributed by atoms with Crippen LogP contribution in [0.3, 0.4) is 0 Å². The minimum Gasteiger partial charge on any atom is -0.408 e. The normalized spacial score (nSPS) is 27.3. The molecule has 124 valence electrons. The molecule has 3 atom stereocenters.